The van der Waals surface area contributed by atoms with Crippen molar-refractivity contribution in [3.05, 3.63) is 100 Å². The average molecular weight is 703 g/mol. The number of aromatic nitrogens is 6. The maximum Gasteiger partial charge on any atom is 0.257 e. The van der Waals surface area contributed by atoms with Crippen molar-refractivity contribution in [1.82, 2.24) is 39.6 Å². The van der Waals surface area contributed by atoms with Gasteiger partial charge in [0.15, 0.2) is 0 Å². The van der Waals surface area contributed by atoms with Crippen LogP contribution in [0.1, 0.15) is 41.6 Å². The van der Waals surface area contributed by atoms with Crippen molar-refractivity contribution >= 4 is 46.1 Å². The first kappa shape index (κ1) is 34.4. The Hall–Kier alpha value is -4.45. The van der Waals surface area contributed by atoms with Gasteiger partial charge in [-0.05, 0) is 91.3 Å². The molecular formula is C36H41Cl2N9O2. The average Bonchev–Trinajstić information content (AvgIpc) is 3.73. The molecule has 6 rings (SSSR count). The number of tetrazole rings is 1. The normalized spacial score (nSPS) is 14.8. The molecule has 0 spiro atoms. The number of amides is 1. The Morgan fingerprint density at radius 2 is 1.90 bits per heavy atom. The third-order valence-electron chi connectivity index (χ3n) is 9.11. The Kier molecular flexibility index (Phi) is 11.1. The second-order valence-corrected chi connectivity index (χ2v) is 13.1. The molecule has 11 nitrogen and oxygen atoms in total. The van der Waals surface area contributed by atoms with Crippen LogP contribution >= 0.6 is 23.2 Å². The zero-order chi connectivity index (χ0) is 34.3. The Morgan fingerprint density at radius 3 is 2.67 bits per heavy atom. The van der Waals surface area contributed by atoms with Crippen LogP contribution in [0.25, 0.3) is 16.7 Å². The lowest BCUT2D eigenvalue weighted by Crippen LogP contribution is -2.35. The lowest BCUT2D eigenvalue weighted by molar-refractivity contribution is 0.0779. The summed E-state index contributed by atoms with van der Waals surface area (Å²) in [5, 5.41) is 12.4. The van der Waals surface area contributed by atoms with Crippen LogP contribution in [0.5, 0.6) is 5.75 Å². The number of nitrogens with zero attached hydrogens (tertiary/aromatic N) is 9. The number of para-hydroxylation sites is 2. The number of hydrogen-bond acceptors (Lipinski definition) is 8. The maximum absolute atomic E-state index is 13.9. The summed E-state index contributed by atoms with van der Waals surface area (Å²) in [6, 6.07) is 19.4. The van der Waals surface area contributed by atoms with E-state index in [-0.39, 0.29) is 11.8 Å². The van der Waals surface area contributed by atoms with Gasteiger partial charge < -0.3 is 24.0 Å². The van der Waals surface area contributed by atoms with Crippen molar-refractivity contribution in [3.8, 4) is 11.4 Å². The predicted octanol–water partition coefficient (Wildman–Crippen LogP) is 6.36. The lowest BCUT2D eigenvalue weighted by Gasteiger charge is -2.28. The summed E-state index contributed by atoms with van der Waals surface area (Å²) in [4.78, 5) is 25.7. The van der Waals surface area contributed by atoms with Crippen LogP contribution in [0.15, 0.2) is 79.1 Å². The van der Waals surface area contributed by atoms with Gasteiger partial charge in [0.2, 0.25) is 5.95 Å². The molecule has 0 bridgehead atoms. The molecule has 3 heterocycles. The SMILES string of the molecule is CC=CCn1c(N2CCCN(CCC(CN(C)C(=O)c3cc(-n4cnnn4)ccc3OC)c3ccc(Cl)c(Cl)c3)CC2)nc2ccccc21. The molecule has 2 aromatic heterocycles. The van der Waals surface area contributed by atoms with Crippen molar-refractivity contribution in [1.29, 1.82) is 0 Å². The molecule has 13 heteroatoms. The number of carbonyl (C=O) groups excluding carboxylic acids is 1. The summed E-state index contributed by atoms with van der Waals surface area (Å²) in [6.45, 7) is 7.90. The first-order valence-electron chi connectivity index (χ1n) is 16.5. The molecule has 5 aromatic rings. The number of likely N-dealkylation sites (N-methyl/N-ethyl adjacent to an activating group) is 1. The molecule has 1 fully saturated rings. The molecule has 1 unspecified atom stereocenters. The fourth-order valence-corrected chi connectivity index (χ4v) is 6.77. The number of hydrogen-bond donors (Lipinski definition) is 0. The minimum absolute atomic E-state index is 0.0156. The maximum atomic E-state index is 13.9. The minimum Gasteiger partial charge on any atom is -0.496 e. The highest BCUT2D eigenvalue weighted by atomic mass is 35.5. The van der Waals surface area contributed by atoms with E-state index in [0.29, 0.717) is 33.6 Å². The molecule has 49 heavy (non-hydrogen) atoms. The van der Waals surface area contributed by atoms with Crippen molar-refractivity contribution in [2.24, 2.45) is 0 Å². The summed E-state index contributed by atoms with van der Waals surface area (Å²) in [6.07, 6.45) is 7.61. The van der Waals surface area contributed by atoms with Crippen LogP contribution in [0.2, 0.25) is 10.0 Å². The summed E-state index contributed by atoms with van der Waals surface area (Å²) >= 11 is 12.8. The number of ether oxygens (including phenoxy) is 1. The first-order chi connectivity index (χ1) is 23.9. The molecule has 0 aliphatic carbocycles. The van der Waals surface area contributed by atoms with E-state index < -0.39 is 0 Å². The second-order valence-electron chi connectivity index (χ2n) is 12.2. The smallest absolute Gasteiger partial charge is 0.257 e. The zero-order valence-electron chi connectivity index (χ0n) is 28.0. The molecule has 0 radical (unpaired) electrons. The van der Waals surface area contributed by atoms with Crippen molar-refractivity contribution < 1.29 is 9.53 Å². The molecule has 1 atom stereocenters. The lowest BCUT2D eigenvalue weighted by atomic mass is 9.94. The number of carbonyl (C=O) groups is 1. The highest BCUT2D eigenvalue weighted by Crippen LogP contribution is 2.31. The van der Waals surface area contributed by atoms with E-state index in [1.807, 2.05) is 37.4 Å². The highest BCUT2D eigenvalue weighted by molar-refractivity contribution is 6.42. The van der Waals surface area contributed by atoms with Gasteiger partial charge in [0, 0.05) is 45.7 Å². The number of anilines is 1. The number of rotatable bonds is 12. The van der Waals surface area contributed by atoms with Crippen LogP contribution in [0, 0.1) is 0 Å². The van der Waals surface area contributed by atoms with Gasteiger partial charge in [-0.3, -0.25) is 4.79 Å². The third kappa shape index (κ3) is 7.90. The summed E-state index contributed by atoms with van der Waals surface area (Å²) in [5.41, 5.74) is 4.30. The molecule has 3 aromatic carbocycles. The molecule has 0 saturated carbocycles. The summed E-state index contributed by atoms with van der Waals surface area (Å²) in [5.74, 6) is 1.35. The van der Waals surface area contributed by atoms with E-state index in [4.69, 9.17) is 32.9 Å². The van der Waals surface area contributed by atoms with Gasteiger partial charge in [-0.2, -0.15) is 0 Å². The van der Waals surface area contributed by atoms with Crippen LogP contribution in [-0.2, 0) is 6.54 Å². The quantitative estimate of drug-likeness (QED) is 0.139. The van der Waals surface area contributed by atoms with Gasteiger partial charge in [0.1, 0.15) is 12.1 Å². The van der Waals surface area contributed by atoms with E-state index in [9.17, 15) is 4.79 Å². The van der Waals surface area contributed by atoms with Crippen molar-refractivity contribution in [2.75, 3.05) is 58.3 Å². The van der Waals surface area contributed by atoms with Crippen LogP contribution in [-0.4, -0.2) is 98.9 Å². The Labute approximate surface area is 296 Å². The number of methoxy groups -OCH3 is 1. The van der Waals surface area contributed by atoms with E-state index in [0.717, 1.165) is 74.7 Å². The Morgan fingerprint density at radius 1 is 1.04 bits per heavy atom. The number of fused-ring (bicyclic) bond motifs is 1. The van der Waals surface area contributed by atoms with E-state index in [1.165, 1.54) is 11.0 Å². The fraction of sp³-hybridized carbons (Fsp3) is 0.361. The molecular weight excluding hydrogens is 661 g/mol. The van der Waals surface area contributed by atoms with Gasteiger partial charge in [-0.1, -0.05) is 53.6 Å². The van der Waals surface area contributed by atoms with Gasteiger partial charge in [-0.15, -0.1) is 5.10 Å². The van der Waals surface area contributed by atoms with Crippen molar-refractivity contribution in [3.63, 3.8) is 0 Å². The van der Waals surface area contributed by atoms with E-state index in [1.54, 1.807) is 24.1 Å². The Bertz CT molecular complexity index is 1910. The Balaban J connectivity index is 1.17. The molecule has 1 aliphatic rings. The second kappa shape index (κ2) is 15.8. The monoisotopic (exact) mass is 701 g/mol. The zero-order valence-corrected chi connectivity index (χ0v) is 29.6. The first-order valence-corrected chi connectivity index (χ1v) is 17.3. The van der Waals surface area contributed by atoms with Crippen LogP contribution in [0.4, 0.5) is 5.95 Å². The molecule has 1 saturated heterocycles. The standard InChI is InChI=1S/C36H41Cl2N9O2/c1-4-5-18-46-33-10-7-6-9-32(33)40-36(46)45-17-8-16-44(20-21-45)19-15-27(26-11-13-30(37)31(38)22-26)24-43(2)35(48)29-23-28(12-14-34(29)49-3)47-25-39-41-42-47/h4-7,9-14,22-23,25,27H,8,15-21,24H2,1-3H3. The molecule has 1 amide bonds. The van der Waals surface area contributed by atoms with Gasteiger partial charge in [0.05, 0.1) is 39.4 Å². The topological polar surface area (TPSA) is 97.4 Å². The predicted molar refractivity (Wildman–Crippen MR) is 194 cm³/mol. The summed E-state index contributed by atoms with van der Waals surface area (Å²) in [7, 11) is 3.38. The molecule has 256 valence electrons. The van der Waals surface area contributed by atoms with Gasteiger partial charge >= 0.3 is 0 Å². The van der Waals surface area contributed by atoms with Gasteiger partial charge in [-0.25, -0.2) is 9.67 Å². The fourth-order valence-electron chi connectivity index (χ4n) is 6.46. The highest BCUT2D eigenvalue weighted by Gasteiger charge is 2.25. The largest absolute Gasteiger partial charge is 0.496 e. The van der Waals surface area contributed by atoms with Gasteiger partial charge in [0.25, 0.3) is 5.91 Å². The number of benzene rings is 3. The number of allylic oxidation sites excluding steroid dienone is 2. The van der Waals surface area contributed by atoms with E-state index in [2.05, 4.69) is 67.2 Å². The third-order valence-corrected chi connectivity index (χ3v) is 9.85. The summed E-state index contributed by atoms with van der Waals surface area (Å²) < 4.78 is 9.39. The molecule has 1 aliphatic heterocycles. The number of imidazole rings is 1. The van der Waals surface area contributed by atoms with Crippen LogP contribution in [0.3, 0.4) is 0 Å². The van der Waals surface area contributed by atoms with Crippen molar-refractivity contribution in [2.45, 2.75) is 32.2 Å². The number of halogens is 2. The van der Waals surface area contributed by atoms with Crippen LogP contribution < -0.4 is 9.64 Å². The van der Waals surface area contributed by atoms with E-state index >= 15 is 0 Å². The minimum atomic E-state index is -0.164. The molecule has 0 N–H and O–H groups in total.